The summed E-state index contributed by atoms with van der Waals surface area (Å²) in [6.45, 7) is 8.17. The molecule has 128 valence electrons. The zero-order chi connectivity index (χ0) is 17.9. The Bertz CT molecular complexity index is 768. The van der Waals surface area contributed by atoms with E-state index >= 15 is 0 Å². The van der Waals surface area contributed by atoms with E-state index in [1.807, 2.05) is 37.5 Å². The number of hydrogen-bond acceptors (Lipinski definition) is 3. The number of nitrogens with zero attached hydrogens (tertiary/aromatic N) is 1. The number of esters is 1. The third-order valence-electron chi connectivity index (χ3n) is 3.85. The maximum atomic E-state index is 12.3. The first kappa shape index (κ1) is 18.3. The quantitative estimate of drug-likeness (QED) is 0.779. The van der Waals surface area contributed by atoms with Crippen molar-refractivity contribution in [3.63, 3.8) is 0 Å². The number of halogens is 1. The van der Waals surface area contributed by atoms with Crippen molar-refractivity contribution >= 4 is 33.5 Å². The summed E-state index contributed by atoms with van der Waals surface area (Å²) in [5.74, 6) is -0.856. The molecule has 1 aromatic heterocycles. The van der Waals surface area contributed by atoms with Crippen molar-refractivity contribution in [1.82, 2.24) is 4.57 Å². The zero-order valence-corrected chi connectivity index (χ0v) is 15.8. The van der Waals surface area contributed by atoms with Crippen LogP contribution in [0.15, 0.2) is 34.8 Å². The fraction of sp³-hybridized carbons (Fsp3) is 0.333. The molecule has 0 spiro atoms. The van der Waals surface area contributed by atoms with Gasteiger partial charge in [0.1, 0.15) is 0 Å². The molecular weight excluding hydrogens is 372 g/mol. The van der Waals surface area contributed by atoms with Gasteiger partial charge in [0, 0.05) is 28.1 Å². The highest BCUT2D eigenvalue weighted by Crippen LogP contribution is 2.18. The minimum absolute atomic E-state index is 0.370. The summed E-state index contributed by atoms with van der Waals surface area (Å²) >= 11 is 3.34. The molecule has 0 aliphatic carbocycles. The molecule has 2 rings (SSSR count). The van der Waals surface area contributed by atoms with Gasteiger partial charge in [0.25, 0.3) is 5.91 Å². The van der Waals surface area contributed by atoms with Gasteiger partial charge < -0.3 is 14.6 Å². The van der Waals surface area contributed by atoms with Crippen molar-refractivity contribution < 1.29 is 14.3 Å². The number of rotatable bonds is 5. The van der Waals surface area contributed by atoms with Gasteiger partial charge in [0.2, 0.25) is 0 Å². The molecule has 6 heteroatoms. The lowest BCUT2D eigenvalue weighted by Gasteiger charge is -2.14. The number of aryl methyl sites for hydroxylation is 1. The first-order chi connectivity index (χ1) is 11.3. The molecule has 0 radical (unpaired) electrons. The maximum Gasteiger partial charge on any atom is 0.340 e. The van der Waals surface area contributed by atoms with Gasteiger partial charge in [0.05, 0.1) is 5.56 Å². The molecule has 0 aliphatic heterocycles. The number of aromatic nitrogens is 1. The lowest BCUT2D eigenvalue weighted by molar-refractivity contribution is -0.123. The molecule has 0 saturated heterocycles. The topological polar surface area (TPSA) is 60.3 Å². The van der Waals surface area contributed by atoms with Crippen LogP contribution in [-0.2, 0) is 16.1 Å². The number of anilines is 1. The Balaban J connectivity index is 2.04. The number of carbonyl (C=O) groups excluding carboxylic acids is 2. The minimum Gasteiger partial charge on any atom is -0.449 e. The Kier molecular flexibility index (Phi) is 5.83. The van der Waals surface area contributed by atoms with Crippen LogP contribution in [0.4, 0.5) is 5.69 Å². The number of ether oxygens (including phenoxy) is 1. The summed E-state index contributed by atoms with van der Waals surface area (Å²) in [4.78, 5) is 24.5. The summed E-state index contributed by atoms with van der Waals surface area (Å²) in [6.07, 6.45) is -0.888. The van der Waals surface area contributed by atoms with E-state index in [2.05, 4.69) is 21.2 Å². The Hall–Kier alpha value is -2.08. The number of amides is 1. The lowest BCUT2D eigenvalue weighted by Crippen LogP contribution is -2.30. The summed E-state index contributed by atoms with van der Waals surface area (Å²) in [5, 5.41) is 2.73. The van der Waals surface area contributed by atoms with Crippen LogP contribution in [0.5, 0.6) is 0 Å². The molecule has 1 aromatic carbocycles. The first-order valence-electron chi connectivity index (χ1n) is 7.77. The maximum absolute atomic E-state index is 12.3. The predicted octanol–water partition coefficient (Wildman–Crippen LogP) is 4.07. The highest BCUT2D eigenvalue weighted by atomic mass is 79.9. The first-order valence-corrected chi connectivity index (χ1v) is 8.57. The van der Waals surface area contributed by atoms with Gasteiger partial charge in [-0.3, -0.25) is 4.79 Å². The van der Waals surface area contributed by atoms with Crippen LogP contribution in [0.2, 0.25) is 0 Å². The normalized spacial score (nSPS) is 11.9. The molecule has 0 fully saturated rings. The van der Waals surface area contributed by atoms with Crippen molar-refractivity contribution in [2.45, 2.75) is 40.3 Å². The molecule has 1 N–H and O–H groups in total. The van der Waals surface area contributed by atoms with Crippen molar-refractivity contribution in [2.75, 3.05) is 5.32 Å². The molecule has 0 saturated carbocycles. The molecule has 1 atom stereocenters. The van der Waals surface area contributed by atoms with Gasteiger partial charge in [-0.05, 0) is 52.0 Å². The monoisotopic (exact) mass is 392 g/mol. The molecule has 1 heterocycles. The largest absolute Gasteiger partial charge is 0.449 e. The summed E-state index contributed by atoms with van der Waals surface area (Å²) < 4.78 is 8.21. The number of nitrogens with one attached hydrogen (secondary N) is 1. The second-order valence-corrected chi connectivity index (χ2v) is 6.49. The van der Waals surface area contributed by atoms with Crippen molar-refractivity contribution in [3.05, 3.63) is 51.8 Å². The van der Waals surface area contributed by atoms with Crippen LogP contribution < -0.4 is 5.32 Å². The van der Waals surface area contributed by atoms with Gasteiger partial charge in [-0.2, -0.15) is 0 Å². The smallest absolute Gasteiger partial charge is 0.340 e. The minimum atomic E-state index is -0.888. The number of carbonyl (C=O) groups is 2. The molecule has 0 unspecified atom stereocenters. The Morgan fingerprint density at radius 1 is 1.29 bits per heavy atom. The van der Waals surface area contributed by atoms with E-state index in [0.29, 0.717) is 11.3 Å². The third-order valence-corrected chi connectivity index (χ3v) is 4.35. The Morgan fingerprint density at radius 2 is 2.00 bits per heavy atom. The second-order valence-electron chi connectivity index (χ2n) is 5.58. The average Bonchev–Trinajstić information content (AvgIpc) is 2.81. The average molecular weight is 393 g/mol. The Labute approximate surface area is 150 Å². The van der Waals surface area contributed by atoms with Crippen molar-refractivity contribution in [2.24, 2.45) is 0 Å². The summed E-state index contributed by atoms with van der Waals surface area (Å²) in [7, 11) is 0. The van der Waals surface area contributed by atoms with Gasteiger partial charge in [-0.1, -0.05) is 22.0 Å². The summed E-state index contributed by atoms with van der Waals surface area (Å²) in [5.41, 5.74) is 2.98. The van der Waals surface area contributed by atoms with E-state index in [-0.39, 0.29) is 5.91 Å². The fourth-order valence-corrected chi connectivity index (χ4v) is 2.98. The van der Waals surface area contributed by atoms with Gasteiger partial charge in [-0.25, -0.2) is 4.79 Å². The molecule has 5 nitrogen and oxygen atoms in total. The highest BCUT2D eigenvalue weighted by Gasteiger charge is 2.22. The second kappa shape index (κ2) is 7.66. The van der Waals surface area contributed by atoms with Gasteiger partial charge in [0.15, 0.2) is 6.10 Å². The molecule has 0 aliphatic rings. The van der Waals surface area contributed by atoms with Crippen LogP contribution >= 0.6 is 15.9 Å². The van der Waals surface area contributed by atoms with E-state index in [9.17, 15) is 9.59 Å². The van der Waals surface area contributed by atoms with Crippen LogP contribution in [0.1, 0.15) is 35.6 Å². The molecule has 1 amide bonds. The van der Waals surface area contributed by atoms with E-state index in [4.69, 9.17) is 4.74 Å². The van der Waals surface area contributed by atoms with Crippen molar-refractivity contribution in [1.29, 1.82) is 0 Å². The van der Waals surface area contributed by atoms with E-state index in [1.54, 1.807) is 25.1 Å². The highest BCUT2D eigenvalue weighted by molar-refractivity contribution is 9.10. The van der Waals surface area contributed by atoms with Crippen LogP contribution in [0.3, 0.4) is 0 Å². The number of hydrogen-bond donors (Lipinski definition) is 1. The van der Waals surface area contributed by atoms with E-state index in [1.165, 1.54) is 0 Å². The molecule has 24 heavy (non-hydrogen) atoms. The van der Waals surface area contributed by atoms with Crippen LogP contribution in [-0.4, -0.2) is 22.5 Å². The lowest BCUT2D eigenvalue weighted by atomic mass is 10.2. The van der Waals surface area contributed by atoms with Crippen LogP contribution in [0.25, 0.3) is 0 Å². The van der Waals surface area contributed by atoms with Gasteiger partial charge >= 0.3 is 5.97 Å². The van der Waals surface area contributed by atoms with E-state index < -0.39 is 12.1 Å². The molecule has 2 aromatic rings. The number of benzene rings is 1. The fourth-order valence-electron chi connectivity index (χ4n) is 2.58. The third kappa shape index (κ3) is 4.06. The SMILES string of the molecule is CCn1c(C)cc(C(=O)O[C@H](C)C(=O)Nc2cccc(Br)c2)c1C. The van der Waals surface area contributed by atoms with Gasteiger partial charge in [-0.15, -0.1) is 0 Å². The Morgan fingerprint density at radius 3 is 2.58 bits per heavy atom. The molecule has 0 bridgehead atoms. The molecular formula is C18H21BrN2O3. The van der Waals surface area contributed by atoms with Crippen molar-refractivity contribution in [3.8, 4) is 0 Å². The predicted molar refractivity (Wildman–Crippen MR) is 97.2 cm³/mol. The zero-order valence-electron chi connectivity index (χ0n) is 14.2. The standard InChI is InChI=1S/C18H21BrN2O3/c1-5-21-11(2)9-16(12(21)3)18(23)24-13(4)17(22)20-15-8-6-7-14(19)10-15/h6-10,13H,5H2,1-4H3,(H,20,22)/t13-/m1/s1. The van der Waals surface area contributed by atoms with Crippen LogP contribution in [0, 0.1) is 13.8 Å². The van der Waals surface area contributed by atoms with E-state index in [0.717, 1.165) is 22.4 Å². The summed E-state index contributed by atoms with van der Waals surface area (Å²) in [6, 6.07) is 9.02.